The SMILES string of the molecule is CN(C)CCCOB1OCc2ccc(CI)cc21. The van der Waals surface area contributed by atoms with Gasteiger partial charge in [0, 0.05) is 11.0 Å². The normalized spacial score (nSPS) is 14.3. The maximum Gasteiger partial charge on any atom is 0.494 e. The number of hydrogen-bond acceptors (Lipinski definition) is 3. The molecule has 0 N–H and O–H groups in total. The highest BCUT2D eigenvalue weighted by Crippen LogP contribution is 2.15. The number of hydrogen-bond donors (Lipinski definition) is 0. The second kappa shape index (κ2) is 6.89. The summed E-state index contributed by atoms with van der Waals surface area (Å²) in [6.07, 6.45) is 1.04. The smallest absolute Gasteiger partial charge is 0.407 e. The molecule has 1 heterocycles. The molecule has 0 spiro atoms. The van der Waals surface area contributed by atoms with Gasteiger partial charge in [-0.25, -0.2) is 0 Å². The molecule has 18 heavy (non-hydrogen) atoms. The van der Waals surface area contributed by atoms with Gasteiger partial charge in [-0.2, -0.15) is 0 Å². The van der Waals surface area contributed by atoms with Crippen molar-refractivity contribution in [3.8, 4) is 0 Å². The molecule has 5 heteroatoms. The van der Waals surface area contributed by atoms with Crippen molar-refractivity contribution in [2.75, 3.05) is 27.2 Å². The van der Waals surface area contributed by atoms with E-state index >= 15 is 0 Å². The molecule has 0 unspecified atom stereocenters. The number of alkyl halides is 1. The third-order valence-electron chi connectivity index (χ3n) is 3.03. The summed E-state index contributed by atoms with van der Waals surface area (Å²) in [5.41, 5.74) is 3.82. The Labute approximate surface area is 123 Å². The number of nitrogens with zero attached hydrogens (tertiary/aromatic N) is 1. The average Bonchev–Trinajstić information content (AvgIpc) is 2.76. The van der Waals surface area contributed by atoms with Crippen LogP contribution in [0.5, 0.6) is 0 Å². The van der Waals surface area contributed by atoms with Gasteiger partial charge in [0.1, 0.15) is 0 Å². The fraction of sp³-hybridized carbons (Fsp3) is 0.538. The summed E-state index contributed by atoms with van der Waals surface area (Å²) in [4.78, 5) is 2.17. The van der Waals surface area contributed by atoms with E-state index in [0.29, 0.717) is 6.61 Å². The van der Waals surface area contributed by atoms with E-state index in [2.05, 4.69) is 59.8 Å². The van der Waals surface area contributed by atoms with Crippen LogP contribution in [-0.2, 0) is 20.3 Å². The first-order valence-electron chi connectivity index (χ1n) is 6.26. The lowest BCUT2D eigenvalue weighted by Gasteiger charge is -2.11. The molecule has 0 fully saturated rings. The van der Waals surface area contributed by atoms with Gasteiger partial charge in [-0.05, 0) is 43.7 Å². The number of rotatable bonds is 6. The second-order valence-corrected chi connectivity index (χ2v) is 5.60. The molecular formula is C13H19BINO2. The van der Waals surface area contributed by atoms with Crippen LogP contribution in [0, 0.1) is 0 Å². The molecule has 1 aromatic rings. The van der Waals surface area contributed by atoms with Crippen LogP contribution in [0.2, 0.25) is 0 Å². The molecule has 98 valence electrons. The highest BCUT2D eigenvalue weighted by Gasteiger charge is 2.30. The first-order chi connectivity index (χ1) is 8.70. The van der Waals surface area contributed by atoms with E-state index in [1.165, 1.54) is 16.6 Å². The fourth-order valence-electron chi connectivity index (χ4n) is 2.04. The van der Waals surface area contributed by atoms with Gasteiger partial charge in [-0.1, -0.05) is 40.8 Å². The minimum atomic E-state index is -0.162. The molecular weight excluding hydrogens is 340 g/mol. The molecule has 0 aromatic heterocycles. The molecule has 0 saturated heterocycles. The number of fused-ring (bicyclic) bond motifs is 1. The van der Waals surface area contributed by atoms with Crippen molar-refractivity contribution >= 4 is 35.2 Å². The third kappa shape index (κ3) is 3.69. The van der Waals surface area contributed by atoms with Crippen molar-refractivity contribution in [2.45, 2.75) is 17.5 Å². The van der Waals surface area contributed by atoms with Crippen molar-refractivity contribution in [2.24, 2.45) is 0 Å². The largest absolute Gasteiger partial charge is 0.494 e. The first-order valence-corrected chi connectivity index (χ1v) is 7.79. The van der Waals surface area contributed by atoms with Gasteiger partial charge in [0.25, 0.3) is 0 Å². The van der Waals surface area contributed by atoms with Crippen molar-refractivity contribution in [3.05, 3.63) is 29.3 Å². The molecule has 1 aliphatic rings. The Morgan fingerprint density at radius 1 is 1.44 bits per heavy atom. The molecule has 1 aliphatic heterocycles. The zero-order chi connectivity index (χ0) is 13.0. The molecule has 0 amide bonds. The fourth-order valence-corrected chi connectivity index (χ4v) is 2.52. The summed E-state index contributed by atoms with van der Waals surface area (Å²) >= 11 is 2.38. The van der Waals surface area contributed by atoms with Crippen LogP contribution >= 0.6 is 22.6 Å². The maximum absolute atomic E-state index is 5.83. The Morgan fingerprint density at radius 2 is 2.28 bits per heavy atom. The van der Waals surface area contributed by atoms with E-state index in [1.54, 1.807) is 0 Å². The molecule has 0 atom stereocenters. The lowest BCUT2D eigenvalue weighted by atomic mass is 9.78. The quantitative estimate of drug-likeness (QED) is 0.335. The monoisotopic (exact) mass is 359 g/mol. The lowest BCUT2D eigenvalue weighted by molar-refractivity contribution is 0.202. The van der Waals surface area contributed by atoms with Gasteiger partial charge in [-0.3, -0.25) is 0 Å². The zero-order valence-corrected chi connectivity index (χ0v) is 13.1. The Kier molecular flexibility index (Phi) is 5.47. The van der Waals surface area contributed by atoms with E-state index in [1.807, 2.05) is 0 Å². The lowest BCUT2D eigenvalue weighted by Crippen LogP contribution is -2.33. The highest BCUT2D eigenvalue weighted by atomic mass is 127. The number of benzene rings is 1. The standard InChI is InChI=1S/C13H19BINO2/c1-16(2)6-3-7-17-14-13-8-11(9-15)4-5-12(13)10-18-14/h4-5,8H,3,6-7,9-10H2,1-2H3. The Bertz CT molecular complexity index is 401. The topological polar surface area (TPSA) is 21.7 Å². The third-order valence-corrected chi connectivity index (χ3v) is 3.91. The Morgan fingerprint density at radius 3 is 3.00 bits per heavy atom. The molecule has 3 nitrogen and oxygen atoms in total. The molecule has 1 aromatic carbocycles. The van der Waals surface area contributed by atoms with Crippen LogP contribution in [-0.4, -0.2) is 39.3 Å². The van der Waals surface area contributed by atoms with Crippen LogP contribution < -0.4 is 5.46 Å². The summed E-state index contributed by atoms with van der Waals surface area (Å²) in [6, 6.07) is 6.54. The van der Waals surface area contributed by atoms with Crippen molar-refractivity contribution < 1.29 is 9.31 Å². The summed E-state index contributed by atoms with van der Waals surface area (Å²) in [5.74, 6) is 0. The van der Waals surface area contributed by atoms with Crippen LogP contribution in [0.1, 0.15) is 17.5 Å². The van der Waals surface area contributed by atoms with Crippen LogP contribution in [0.15, 0.2) is 18.2 Å². The predicted molar refractivity (Wildman–Crippen MR) is 83.5 cm³/mol. The van der Waals surface area contributed by atoms with Crippen molar-refractivity contribution in [3.63, 3.8) is 0 Å². The minimum Gasteiger partial charge on any atom is -0.407 e. The summed E-state index contributed by atoms with van der Waals surface area (Å²) in [5, 5.41) is 0. The number of halogens is 1. The summed E-state index contributed by atoms with van der Waals surface area (Å²) in [6.45, 7) is 2.47. The zero-order valence-electron chi connectivity index (χ0n) is 11.0. The predicted octanol–water partition coefficient (Wildman–Crippen LogP) is 1.82. The second-order valence-electron chi connectivity index (χ2n) is 4.84. The van der Waals surface area contributed by atoms with Gasteiger partial charge in [0.2, 0.25) is 0 Å². The minimum absolute atomic E-state index is 0.162. The summed E-state index contributed by atoms with van der Waals surface area (Å²) < 4.78 is 12.5. The molecule has 2 rings (SSSR count). The van der Waals surface area contributed by atoms with Crippen LogP contribution in [0.25, 0.3) is 0 Å². The Hall–Kier alpha value is -0.105. The molecule has 0 saturated carbocycles. The van der Waals surface area contributed by atoms with E-state index in [0.717, 1.165) is 24.0 Å². The molecule has 0 bridgehead atoms. The van der Waals surface area contributed by atoms with Gasteiger partial charge in [0.15, 0.2) is 0 Å². The van der Waals surface area contributed by atoms with E-state index in [9.17, 15) is 0 Å². The maximum atomic E-state index is 5.83. The van der Waals surface area contributed by atoms with Gasteiger partial charge in [-0.15, -0.1) is 0 Å². The van der Waals surface area contributed by atoms with Gasteiger partial charge < -0.3 is 14.2 Å². The van der Waals surface area contributed by atoms with Gasteiger partial charge in [0.05, 0.1) is 6.61 Å². The average molecular weight is 359 g/mol. The van der Waals surface area contributed by atoms with E-state index in [4.69, 9.17) is 9.31 Å². The first kappa shape index (κ1) is 14.3. The Balaban J connectivity index is 1.90. The highest BCUT2D eigenvalue weighted by molar-refractivity contribution is 14.1. The molecule has 0 aliphatic carbocycles. The van der Waals surface area contributed by atoms with Crippen molar-refractivity contribution in [1.82, 2.24) is 4.90 Å². The van der Waals surface area contributed by atoms with E-state index < -0.39 is 0 Å². The van der Waals surface area contributed by atoms with Crippen LogP contribution in [0.4, 0.5) is 0 Å². The van der Waals surface area contributed by atoms with Crippen LogP contribution in [0.3, 0.4) is 0 Å². The summed E-state index contributed by atoms with van der Waals surface area (Å²) in [7, 11) is 3.99. The van der Waals surface area contributed by atoms with E-state index in [-0.39, 0.29) is 7.12 Å². The molecule has 0 radical (unpaired) electrons. The van der Waals surface area contributed by atoms with Gasteiger partial charge >= 0.3 is 7.12 Å². The van der Waals surface area contributed by atoms with Crippen molar-refractivity contribution in [1.29, 1.82) is 0 Å².